The number of methoxy groups -OCH3 is 1. The van der Waals surface area contributed by atoms with Gasteiger partial charge in [0.25, 0.3) is 0 Å². The molecule has 0 radical (unpaired) electrons. The molecule has 4 aromatic heterocycles. The normalized spacial score (nSPS) is 11.2. The van der Waals surface area contributed by atoms with Gasteiger partial charge in [-0.3, -0.25) is 9.36 Å². The Labute approximate surface area is 188 Å². The van der Waals surface area contributed by atoms with Crippen molar-refractivity contribution in [2.75, 3.05) is 25.6 Å². The minimum absolute atomic E-state index is 0.428. The van der Waals surface area contributed by atoms with E-state index in [0.717, 1.165) is 23.7 Å². The van der Waals surface area contributed by atoms with Crippen molar-refractivity contribution in [3.63, 3.8) is 0 Å². The number of ether oxygens (including phenoxy) is 2. The van der Waals surface area contributed by atoms with Gasteiger partial charge in [0.15, 0.2) is 11.2 Å². The first-order chi connectivity index (χ1) is 16.3. The largest absolute Gasteiger partial charge is 0.491 e. The standard InChI is InChI=1S/C21H22N10O2/c1-32-11-12-33-18-5-3-17(4-6-18)31-20-19(27-28-31)14-22-21(26-20)25-16-13-24-30(15-16)10-9-29-8-2-7-23-29/h2-8,13-15H,9-12H2,1H3,(H,22,25,26). The zero-order valence-corrected chi connectivity index (χ0v) is 17.9. The summed E-state index contributed by atoms with van der Waals surface area (Å²) in [7, 11) is 1.64. The summed E-state index contributed by atoms with van der Waals surface area (Å²) in [6, 6.07) is 9.44. The molecule has 4 heterocycles. The van der Waals surface area contributed by atoms with Gasteiger partial charge < -0.3 is 14.8 Å². The molecule has 0 spiro atoms. The van der Waals surface area contributed by atoms with Crippen molar-refractivity contribution in [1.29, 1.82) is 0 Å². The fourth-order valence-corrected chi connectivity index (χ4v) is 3.21. The summed E-state index contributed by atoms with van der Waals surface area (Å²) in [6.45, 7) is 2.46. The van der Waals surface area contributed by atoms with E-state index in [1.165, 1.54) is 0 Å². The van der Waals surface area contributed by atoms with Crippen molar-refractivity contribution in [3.8, 4) is 11.4 Å². The van der Waals surface area contributed by atoms with Crippen LogP contribution in [0.4, 0.5) is 11.6 Å². The average molecular weight is 446 g/mol. The monoisotopic (exact) mass is 446 g/mol. The smallest absolute Gasteiger partial charge is 0.229 e. The minimum atomic E-state index is 0.428. The molecule has 1 N–H and O–H groups in total. The molecule has 0 aliphatic carbocycles. The van der Waals surface area contributed by atoms with Crippen molar-refractivity contribution < 1.29 is 9.47 Å². The molecule has 5 rings (SSSR count). The summed E-state index contributed by atoms with van der Waals surface area (Å²) in [5, 5.41) is 20.1. The van der Waals surface area contributed by atoms with Crippen LogP contribution in [0, 0.1) is 0 Å². The third-order valence-electron chi connectivity index (χ3n) is 4.84. The van der Waals surface area contributed by atoms with Crippen molar-refractivity contribution in [3.05, 3.63) is 61.3 Å². The highest BCUT2D eigenvalue weighted by molar-refractivity contribution is 5.72. The number of fused-ring (bicyclic) bond motifs is 1. The Morgan fingerprint density at radius 1 is 1.00 bits per heavy atom. The lowest BCUT2D eigenvalue weighted by Crippen LogP contribution is -2.07. The maximum Gasteiger partial charge on any atom is 0.229 e. The average Bonchev–Trinajstić information content (AvgIpc) is 3.60. The van der Waals surface area contributed by atoms with Crippen LogP contribution < -0.4 is 10.1 Å². The molecule has 0 saturated carbocycles. The van der Waals surface area contributed by atoms with E-state index in [-0.39, 0.29) is 0 Å². The third kappa shape index (κ3) is 4.80. The van der Waals surface area contributed by atoms with Gasteiger partial charge in [-0.1, -0.05) is 5.21 Å². The Hall–Kier alpha value is -4.32. The Morgan fingerprint density at radius 2 is 1.88 bits per heavy atom. The lowest BCUT2D eigenvalue weighted by molar-refractivity contribution is 0.146. The molecule has 0 bridgehead atoms. The summed E-state index contributed by atoms with van der Waals surface area (Å²) in [4.78, 5) is 8.94. The number of nitrogens with zero attached hydrogens (tertiary/aromatic N) is 9. The molecule has 1 aromatic carbocycles. The van der Waals surface area contributed by atoms with E-state index >= 15 is 0 Å². The predicted octanol–water partition coefficient (Wildman–Crippen LogP) is 2.07. The van der Waals surface area contributed by atoms with Gasteiger partial charge in [-0.25, -0.2) is 4.98 Å². The summed E-state index contributed by atoms with van der Waals surface area (Å²) in [6.07, 6.45) is 8.95. The van der Waals surface area contributed by atoms with Crippen LogP contribution >= 0.6 is 0 Å². The highest BCUT2D eigenvalue weighted by Crippen LogP contribution is 2.20. The summed E-state index contributed by atoms with van der Waals surface area (Å²) < 4.78 is 16.0. The Balaban J connectivity index is 1.29. The first-order valence-corrected chi connectivity index (χ1v) is 10.4. The number of aromatic nitrogens is 9. The van der Waals surface area contributed by atoms with Crippen LogP contribution in [0.2, 0.25) is 0 Å². The number of benzene rings is 1. The van der Waals surface area contributed by atoms with E-state index in [0.29, 0.717) is 36.9 Å². The lowest BCUT2D eigenvalue weighted by Gasteiger charge is -2.07. The highest BCUT2D eigenvalue weighted by atomic mass is 16.5. The minimum Gasteiger partial charge on any atom is -0.491 e. The van der Waals surface area contributed by atoms with E-state index in [4.69, 9.17) is 9.47 Å². The number of nitrogens with one attached hydrogen (secondary N) is 1. The van der Waals surface area contributed by atoms with Gasteiger partial charge in [0.1, 0.15) is 12.4 Å². The van der Waals surface area contributed by atoms with Crippen molar-refractivity contribution in [2.45, 2.75) is 13.1 Å². The zero-order chi connectivity index (χ0) is 22.5. The molecular formula is C21H22N10O2. The van der Waals surface area contributed by atoms with Gasteiger partial charge in [-0.15, -0.1) is 5.10 Å². The summed E-state index contributed by atoms with van der Waals surface area (Å²) in [5.74, 6) is 1.18. The van der Waals surface area contributed by atoms with Gasteiger partial charge in [0, 0.05) is 25.7 Å². The number of hydrogen-bond acceptors (Lipinski definition) is 9. The molecule has 0 aliphatic heterocycles. The second-order valence-corrected chi connectivity index (χ2v) is 7.13. The van der Waals surface area contributed by atoms with E-state index < -0.39 is 0 Å². The van der Waals surface area contributed by atoms with Gasteiger partial charge in [-0.2, -0.15) is 19.9 Å². The molecule has 0 fully saturated rings. The predicted molar refractivity (Wildman–Crippen MR) is 120 cm³/mol. The first kappa shape index (κ1) is 20.6. The zero-order valence-electron chi connectivity index (χ0n) is 17.9. The quantitative estimate of drug-likeness (QED) is 0.321. The van der Waals surface area contributed by atoms with E-state index in [1.54, 1.807) is 30.4 Å². The van der Waals surface area contributed by atoms with Crippen molar-refractivity contribution in [1.82, 2.24) is 44.5 Å². The lowest BCUT2D eigenvalue weighted by atomic mass is 10.3. The molecule has 33 heavy (non-hydrogen) atoms. The van der Waals surface area contributed by atoms with Gasteiger partial charge in [-0.05, 0) is 30.3 Å². The number of rotatable bonds is 10. The van der Waals surface area contributed by atoms with Crippen molar-refractivity contribution in [2.24, 2.45) is 0 Å². The molecule has 0 aliphatic rings. The fraction of sp³-hybridized carbons (Fsp3) is 0.238. The van der Waals surface area contributed by atoms with E-state index in [2.05, 4.69) is 35.8 Å². The summed E-state index contributed by atoms with van der Waals surface area (Å²) >= 11 is 0. The highest BCUT2D eigenvalue weighted by Gasteiger charge is 2.11. The SMILES string of the molecule is COCCOc1ccc(-n2nnc3cnc(Nc4cnn(CCn5cccn5)c4)nc32)cc1. The number of anilines is 2. The van der Waals surface area contributed by atoms with Crippen LogP contribution in [0.1, 0.15) is 0 Å². The Bertz CT molecular complexity index is 1310. The molecule has 12 nitrogen and oxygen atoms in total. The molecular weight excluding hydrogens is 424 g/mol. The van der Waals surface area contributed by atoms with Crippen LogP contribution in [0.5, 0.6) is 5.75 Å². The van der Waals surface area contributed by atoms with Crippen LogP contribution in [0.25, 0.3) is 16.9 Å². The molecule has 0 unspecified atom stereocenters. The summed E-state index contributed by atoms with van der Waals surface area (Å²) in [5.41, 5.74) is 2.78. The van der Waals surface area contributed by atoms with Gasteiger partial charge in [0.2, 0.25) is 5.95 Å². The molecule has 12 heteroatoms. The van der Waals surface area contributed by atoms with Gasteiger partial charge in [0.05, 0.1) is 43.5 Å². The first-order valence-electron chi connectivity index (χ1n) is 10.4. The molecule has 168 valence electrons. The maximum atomic E-state index is 5.61. The molecule has 0 amide bonds. The Kier molecular flexibility index (Phi) is 5.89. The molecule has 0 saturated heterocycles. The van der Waals surface area contributed by atoms with Gasteiger partial charge >= 0.3 is 0 Å². The second-order valence-electron chi connectivity index (χ2n) is 7.13. The second kappa shape index (κ2) is 9.44. The molecule has 5 aromatic rings. The number of hydrogen-bond donors (Lipinski definition) is 1. The topological polar surface area (TPSA) is 123 Å². The number of aryl methyl sites for hydroxylation is 2. The van der Waals surface area contributed by atoms with E-state index in [1.807, 2.05) is 52.1 Å². The van der Waals surface area contributed by atoms with E-state index in [9.17, 15) is 0 Å². The van der Waals surface area contributed by atoms with Crippen LogP contribution in [-0.4, -0.2) is 64.8 Å². The van der Waals surface area contributed by atoms with Crippen LogP contribution in [0.15, 0.2) is 61.3 Å². The Morgan fingerprint density at radius 3 is 2.70 bits per heavy atom. The molecule has 0 atom stereocenters. The van der Waals surface area contributed by atoms with Crippen LogP contribution in [0.3, 0.4) is 0 Å². The maximum absolute atomic E-state index is 5.61. The fourth-order valence-electron chi connectivity index (χ4n) is 3.21. The van der Waals surface area contributed by atoms with Crippen molar-refractivity contribution >= 4 is 22.8 Å². The third-order valence-corrected chi connectivity index (χ3v) is 4.84. The van der Waals surface area contributed by atoms with Crippen LogP contribution in [-0.2, 0) is 17.8 Å².